The summed E-state index contributed by atoms with van der Waals surface area (Å²) in [6.45, 7) is 3.92. The van der Waals surface area contributed by atoms with Crippen molar-refractivity contribution in [2.75, 3.05) is 10.6 Å². The Morgan fingerprint density at radius 1 is 1.16 bits per heavy atom. The maximum atomic E-state index is 11.8. The first-order chi connectivity index (χ1) is 8.93. The number of anilines is 2. The van der Waals surface area contributed by atoms with Crippen LogP contribution in [0.25, 0.3) is 0 Å². The lowest BCUT2D eigenvalue weighted by molar-refractivity contribution is -0.118. The molecule has 0 heterocycles. The minimum Gasteiger partial charge on any atom is -0.351 e. The summed E-state index contributed by atoms with van der Waals surface area (Å²) in [7, 11) is 0. The minimum atomic E-state index is -0.629. The second kappa shape index (κ2) is 6.75. The van der Waals surface area contributed by atoms with Crippen molar-refractivity contribution < 1.29 is 9.59 Å². The van der Waals surface area contributed by atoms with Crippen molar-refractivity contribution in [3.8, 4) is 0 Å². The van der Waals surface area contributed by atoms with E-state index in [1.807, 2.05) is 13.8 Å². The van der Waals surface area contributed by atoms with Gasteiger partial charge in [-0.25, -0.2) is 4.79 Å². The van der Waals surface area contributed by atoms with Crippen molar-refractivity contribution >= 4 is 23.3 Å². The molecular formula is C13H20N4O2. The fraction of sp³-hybridized carbons (Fsp3) is 0.385. The van der Waals surface area contributed by atoms with Gasteiger partial charge in [-0.1, -0.05) is 20.3 Å². The van der Waals surface area contributed by atoms with Crippen molar-refractivity contribution in [2.45, 2.75) is 26.3 Å². The van der Waals surface area contributed by atoms with Crippen LogP contribution >= 0.6 is 0 Å². The summed E-state index contributed by atoms with van der Waals surface area (Å²) < 4.78 is 0. The zero-order valence-electron chi connectivity index (χ0n) is 11.1. The summed E-state index contributed by atoms with van der Waals surface area (Å²) in [6, 6.07) is 5.48. The van der Waals surface area contributed by atoms with Gasteiger partial charge in [0.25, 0.3) is 0 Å². The first-order valence-corrected chi connectivity index (χ1v) is 6.17. The Kier molecular flexibility index (Phi) is 5.32. The largest absolute Gasteiger partial charge is 0.351 e. The van der Waals surface area contributed by atoms with Crippen LogP contribution < -0.4 is 22.1 Å². The SMILES string of the molecule is CCC(C)[C@H](N)C(=O)Nc1ccc(NC(N)=O)cc1. The fourth-order valence-electron chi connectivity index (χ4n) is 1.52. The molecule has 0 saturated carbocycles. The average molecular weight is 264 g/mol. The van der Waals surface area contributed by atoms with Gasteiger partial charge in [-0.3, -0.25) is 4.79 Å². The molecule has 1 rings (SSSR count). The Morgan fingerprint density at radius 2 is 1.63 bits per heavy atom. The normalized spacial score (nSPS) is 13.4. The first-order valence-electron chi connectivity index (χ1n) is 6.17. The number of hydrogen-bond donors (Lipinski definition) is 4. The number of nitrogens with one attached hydrogen (secondary N) is 2. The Morgan fingerprint density at radius 3 is 2.05 bits per heavy atom. The Bertz CT molecular complexity index is 444. The van der Waals surface area contributed by atoms with Gasteiger partial charge in [-0.2, -0.15) is 0 Å². The smallest absolute Gasteiger partial charge is 0.316 e. The summed E-state index contributed by atoms with van der Waals surface area (Å²) in [5.41, 5.74) is 12.0. The third-order valence-corrected chi connectivity index (χ3v) is 2.98. The molecule has 0 spiro atoms. The van der Waals surface area contributed by atoms with E-state index in [2.05, 4.69) is 10.6 Å². The maximum Gasteiger partial charge on any atom is 0.316 e. The molecule has 0 bridgehead atoms. The lowest BCUT2D eigenvalue weighted by atomic mass is 9.99. The van der Waals surface area contributed by atoms with Gasteiger partial charge in [0.15, 0.2) is 0 Å². The second-order valence-corrected chi connectivity index (χ2v) is 4.47. The molecule has 0 fully saturated rings. The highest BCUT2D eigenvalue weighted by Gasteiger charge is 2.19. The number of rotatable bonds is 5. The van der Waals surface area contributed by atoms with Gasteiger partial charge in [-0.05, 0) is 30.2 Å². The number of primary amides is 1. The van der Waals surface area contributed by atoms with E-state index in [1.54, 1.807) is 24.3 Å². The number of carbonyl (C=O) groups is 2. The molecule has 0 aliphatic rings. The van der Waals surface area contributed by atoms with E-state index in [1.165, 1.54) is 0 Å². The van der Waals surface area contributed by atoms with Crippen LogP contribution in [-0.2, 0) is 4.79 Å². The van der Waals surface area contributed by atoms with E-state index in [9.17, 15) is 9.59 Å². The Balaban J connectivity index is 2.62. The molecular weight excluding hydrogens is 244 g/mol. The monoisotopic (exact) mass is 264 g/mol. The Hall–Kier alpha value is -2.08. The van der Waals surface area contributed by atoms with Gasteiger partial charge >= 0.3 is 6.03 Å². The van der Waals surface area contributed by atoms with Crippen molar-refractivity contribution in [1.82, 2.24) is 0 Å². The van der Waals surface area contributed by atoms with Gasteiger partial charge in [0.05, 0.1) is 6.04 Å². The van der Waals surface area contributed by atoms with Gasteiger partial charge in [0, 0.05) is 11.4 Å². The van der Waals surface area contributed by atoms with E-state index >= 15 is 0 Å². The van der Waals surface area contributed by atoms with E-state index < -0.39 is 12.1 Å². The van der Waals surface area contributed by atoms with Crippen molar-refractivity contribution in [2.24, 2.45) is 17.4 Å². The van der Waals surface area contributed by atoms with Crippen LogP contribution in [0, 0.1) is 5.92 Å². The highest BCUT2D eigenvalue weighted by atomic mass is 16.2. The third-order valence-electron chi connectivity index (χ3n) is 2.98. The zero-order valence-corrected chi connectivity index (χ0v) is 11.1. The van der Waals surface area contributed by atoms with Gasteiger partial charge < -0.3 is 22.1 Å². The van der Waals surface area contributed by atoms with Crippen LogP contribution in [0.4, 0.5) is 16.2 Å². The summed E-state index contributed by atoms with van der Waals surface area (Å²) in [6.07, 6.45) is 0.843. The molecule has 0 aromatic heterocycles. The maximum absolute atomic E-state index is 11.8. The molecule has 3 amide bonds. The summed E-state index contributed by atoms with van der Waals surface area (Å²) >= 11 is 0. The molecule has 1 aromatic rings. The van der Waals surface area contributed by atoms with E-state index in [0.29, 0.717) is 11.4 Å². The average Bonchev–Trinajstić information content (AvgIpc) is 2.38. The zero-order chi connectivity index (χ0) is 14.4. The number of benzene rings is 1. The topological polar surface area (TPSA) is 110 Å². The molecule has 6 nitrogen and oxygen atoms in total. The number of hydrogen-bond acceptors (Lipinski definition) is 3. The van der Waals surface area contributed by atoms with Crippen LogP contribution in [-0.4, -0.2) is 18.0 Å². The molecule has 6 N–H and O–H groups in total. The van der Waals surface area contributed by atoms with E-state index in [0.717, 1.165) is 6.42 Å². The number of urea groups is 1. The predicted octanol–water partition coefficient (Wildman–Crippen LogP) is 1.49. The summed E-state index contributed by atoms with van der Waals surface area (Å²) in [4.78, 5) is 22.5. The molecule has 0 radical (unpaired) electrons. The molecule has 0 aliphatic carbocycles. The number of nitrogens with two attached hydrogens (primary N) is 2. The van der Waals surface area contributed by atoms with Crippen LogP contribution in [0.15, 0.2) is 24.3 Å². The molecule has 104 valence electrons. The van der Waals surface area contributed by atoms with Gasteiger partial charge in [0.2, 0.25) is 5.91 Å². The quantitative estimate of drug-likeness (QED) is 0.646. The van der Waals surface area contributed by atoms with Crippen LogP contribution in [0.5, 0.6) is 0 Å². The van der Waals surface area contributed by atoms with Crippen LogP contribution in [0.2, 0.25) is 0 Å². The highest BCUT2D eigenvalue weighted by Crippen LogP contribution is 2.14. The fourth-order valence-corrected chi connectivity index (χ4v) is 1.52. The predicted molar refractivity (Wildman–Crippen MR) is 75.7 cm³/mol. The van der Waals surface area contributed by atoms with Gasteiger partial charge in [0.1, 0.15) is 0 Å². The van der Waals surface area contributed by atoms with Crippen LogP contribution in [0.1, 0.15) is 20.3 Å². The molecule has 2 atom stereocenters. The van der Waals surface area contributed by atoms with E-state index in [4.69, 9.17) is 11.5 Å². The third kappa shape index (κ3) is 4.59. The lowest BCUT2D eigenvalue weighted by Crippen LogP contribution is -2.40. The number of amides is 3. The number of carbonyl (C=O) groups excluding carboxylic acids is 2. The molecule has 0 saturated heterocycles. The first kappa shape index (κ1) is 15.0. The molecule has 1 unspecified atom stereocenters. The lowest BCUT2D eigenvalue weighted by Gasteiger charge is -2.17. The van der Waals surface area contributed by atoms with Crippen molar-refractivity contribution in [3.05, 3.63) is 24.3 Å². The highest BCUT2D eigenvalue weighted by molar-refractivity contribution is 5.95. The second-order valence-electron chi connectivity index (χ2n) is 4.47. The van der Waals surface area contributed by atoms with Gasteiger partial charge in [-0.15, -0.1) is 0 Å². The van der Waals surface area contributed by atoms with Crippen molar-refractivity contribution in [1.29, 1.82) is 0 Å². The summed E-state index contributed by atoms with van der Waals surface area (Å²) in [5.74, 6) is -0.0965. The van der Waals surface area contributed by atoms with Crippen molar-refractivity contribution in [3.63, 3.8) is 0 Å². The Labute approximate surface area is 112 Å². The standard InChI is InChI=1S/C13H20N4O2/c1-3-8(2)11(14)12(18)16-9-4-6-10(7-5-9)17-13(15)19/h4-8,11H,3,14H2,1-2H3,(H,16,18)(H3,15,17,19)/t8?,11-/m0/s1. The molecule has 19 heavy (non-hydrogen) atoms. The van der Waals surface area contributed by atoms with Crippen LogP contribution in [0.3, 0.4) is 0 Å². The molecule has 1 aromatic carbocycles. The summed E-state index contributed by atoms with van der Waals surface area (Å²) in [5, 5.41) is 5.17. The molecule has 6 heteroatoms. The van der Waals surface area contributed by atoms with E-state index in [-0.39, 0.29) is 11.8 Å². The minimum absolute atomic E-state index is 0.121. The molecule has 0 aliphatic heterocycles.